The summed E-state index contributed by atoms with van der Waals surface area (Å²) in [6, 6.07) is 0. The number of fused-ring (bicyclic) bond motifs is 4. The number of aliphatic hydroxyl groups is 1. The number of imidazole rings is 1. The van der Waals surface area contributed by atoms with Gasteiger partial charge in [0.05, 0.1) is 17.8 Å². The van der Waals surface area contributed by atoms with Gasteiger partial charge in [0.15, 0.2) is 23.1 Å². The Morgan fingerprint density at radius 2 is 1.97 bits per heavy atom. The molecule has 204 valence electrons. The van der Waals surface area contributed by atoms with Crippen molar-refractivity contribution in [1.82, 2.24) is 19.5 Å². The molecule has 13 heteroatoms. The molecule has 0 aromatic carbocycles. The molecule has 1 amide bonds. The van der Waals surface area contributed by atoms with Gasteiger partial charge < -0.3 is 24.6 Å². The quantitative estimate of drug-likeness (QED) is 0.418. The second-order valence-corrected chi connectivity index (χ2v) is 11.1. The summed E-state index contributed by atoms with van der Waals surface area (Å²) >= 11 is 0. The fourth-order valence-corrected chi connectivity index (χ4v) is 6.19. The van der Waals surface area contributed by atoms with E-state index in [0.717, 1.165) is 44.4 Å². The first-order valence-electron chi connectivity index (χ1n) is 13.1. The normalized spacial score (nSPS) is 34.4. The number of hydrogen-bond donors (Lipinski definition) is 2. The molecular weight excluding hydrogens is 501 g/mol. The first-order valence-corrected chi connectivity index (χ1v) is 13.1. The highest BCUT2D eigenvalue weighted by molar-refractivity contribution is 6.00. The summed E-state index contributed by atoms with van der Waals surface area (Å²) in [5, 5.41) is 13.3. The second kappa shape index (κ2) is 9.23. The van der Waals surface area contributed by atoms with Crippen molar-refractivity contribution in [2.75, 3.05) is 11.9 Å². The van der Waals surface area contributed by atoms with Crippen molar-refractivity contribution in [3.63, 3.8) is 0 Å². The van der Waals surface area contributed by atoms with Crippen LogP contribution in [0.3, 0.4) is 0 Å². The molecule has 3 saturated carbocycles. The van der Waals surface area contributed by atoms with Crippen LogP contribution in [0.1, 0.15) is 70.9 Å². The average Bonchev–Trinajstić information content (AvgIpc) is 3.61. The molecule has 5 fully saturated rings. The van der Waals surface area contributed by atoms with Crippen LogP contribution in [0.25, 0.3) is 11.2 Å². The average molecular weight is 532 g/mol. The van der Waals surface area contributed by atoms with Gasteiger partial charge in [-0.1, -0.05) is 0 Å². The number of aromatic nitrogens is 4. The van der Waals surface area contributed by atoms with Crippen molar-refractivity contribution in [2.24, 2.45) is 11.3 Å². The number of nitrogens with one attached hydrogen (secondary N) is 1. The number of anilines is 1. The number of nitrogens with zero attached hydrogens (tertiary/aromatic N) is 4. The number of esters is 2. The molecular formula is C25H30FN5O7. The summed E-state index contributed by atoms with van der Waals surface area (Å²) in [7, 11) is 0. The molecule has 2 aliphatic heterocycles. The SMILES string of the molecule is C[C@]1(COC(=O)C23CCC(CC2)CC3)O[C@@H](n2cnc3c(NC(=O)[C@H]4CCC(=O)O4)nc(F)nc32)C[C@@H]1O. The van der Waals surface area contributed by atoms with Gasteiger partial charge in [0.25, 0.3) is 5.91 Å². The van der Waals surface area contributed by atoms with Crippen molar-refractivity contribution >= 4 is 34.8 Å². The molecule has 0 spiro atoms. The number of aliphatic hydroxyl groups excluding tert-OH is 1. The Hall–Kier alpha value is -3.19. The molecule has 4 atom stereocenters. The number of ether oxygens (including phenoxy) is 3. The summed E-state index contributed by atoms with van der Waals surface area (Å²) in [6.07, 6.45) is 3.65. The highest BCUT2D eigenvalue weighted by Crippen LogP contribution is 2.51. The predicted molar refractivity (Wildman–Crippen MR) is 127 cm³/mol. The summed E-state index contributed by atoms with van der Waals surface area (Å²) in [4.78, 5) is 48.6. The number of carbonyl (C=O) groups is 3. The minimum atomic E-state index is -1.19. The van der Waals surface area contributed by atoms with Gasteiger partial charge in [-0.15, -0.1) is 0 Å². The third kappa shape index (κ3) is 4.31. The second-order valence-electron chi connectivity index (χ2n) is 11.1. The summed E-state index contributed by atoms with van der Waals surface area (Å²) in [6.45, 7) is 1.55. The molecule has 5 aliphatic rings. The van der Waals surface area contributed by atoms with Gasteiger partial charge in [0.2, 0.25) is 0 Å². The minimum Gasteiger partial charge on any atom is -0.462 e. The Morgan fingerprint density at radius 3 is 2.66 bits per heavy atom. The molecule has 2 saturated heterocycles. The van der Waals surface area contributed by atoms with Crippen LogP contribution < -0.4 is 5.32 Å². The maximum absolute atomic E-state index is 14.4. The van der Waals surface area contributed by atoms with Crippen LogP contribution in [0, 0.1) is 17.4 Å². The Labute approximate surface area is 217 Å². The molecule has 38 heavy (non-hydrogen) atoms. The lowest BCUT2D eigenvalue weighted by Crippen LogP contribution is -2.46. The highest BCUT2D eigenvalue weighted by Gasteiger charge is 2.50. The van der Waals surface area contributed by atoms with Gasteiger partial charge in [-0.3, -0.25) is 19.0 Å². The van der Waals surface area contributed by atoms with Crippen LogP contribution >= 0.6 is 0 Å². The fourth-order valence-electron chi connectivity index (χ4n) is 6.19. The van der Waals surface area contributed by atoms with Crippen molar-refractivity contribution in [3.05, 3.63) is 12.4 Å². The van der Waals surface area contributed by atoms with E-state index in [1.54, 1.807) is 6.92 Å². The molecule has 7 rings (SSSR count). The monoisotopic (exact) mass is 531 g/mol. The van der Waals surface area contributed by atoms with E-state index in [-0.39, 0.29) is 48.8 Å². The molecule has 4 heterocycles. The van der Waals surface area contributed by atoms with Crippen molar-refractivity contribution in [1.29, 1.82) is 0 Å². The highest BCUT2D eigenvalue weighted by atomic mass is 19.1. The van der Waals surface area contributed by atoms with E-state index in [1.165, 1.54) is 10.9 Å². The van der Waals surface area contributed by atoms with Crippen LogP contribution in [0.15, 0.2) is 6.33 Å². The van der Waals surface area contributed by atoms with Crippen LogP contribution in [0.2, 0.25) is 0 Å². The van der Waals surface area contributed by atoms with Gasteiger partial charge in [0.1, 0.15) is 18.4 Å². The van der Waals surface area contributed by atoms with Crippen LogP contribution in [-0.4, -0.2) is 66.9 Å². The first-order chi connectivity index (χ1) is 18.2. The standard InChI is InChI=1S/C25H30FN5O7/c1-24(11-36-22(35)25-7-4-13(5-8-25)6-9-25)15(32)10-16(38-24)31-12-27-18-19(29-23(26)30-20(18)31)28-21(34)14-2-3-17(33)37-14/h12-16,32H,2-11H2,1H3,(H,28,29,30,34)/t13?,14-,15+,16-,24-,25?/m1/s1. The summed E-state index contributed by atoms with van der Waals surface area (Å²) in [5.74, 6) is -0.804. The minimum absolute atomic E-state index is 0.0486. The largest absolute Gasteiger partial charge is 0.462 e. The van der Waals surface area contributed by atoms with Gasteiger partial charge in [0, 0.05) is 19.3 Å². The number of rotatable bonds is 6. The molecule has 2 aromatic rings. The van der Waals surface area contributed by atoms with Crippen LogP contribution in [0.4, 0.5) is 10.2 Å². The third-order valence-corrected chi connectivity index (χ3v) is 8.67. The first kappa shape index (κ1) is 25.1. The van der Waals surface area contributed by atoms with E-state index in [0.29, 0.717) is 0 Å². The maximum Gasteiger partial charge on any atom is 0.312 e. The Balaban J connectivity index is 1.17. The lowest BCUT2D eigenvalue weighted by atomic mass is 9.61. The Morgan fingerprint density at radius 1 is 1.24 bits per heavy atom. The van der Waals surface area contributed by atoms with E-state index in [1.807, 2.05) is 0 Å². The lowest BCUT2D eigenvalue weighted by molar-refractivity contribution is -0.178. The molecule has 3 aliphatic carbocycles. The fraction of sp³-hybridized carbons (Fsp3) is 0.680. The number of amides is 1. The van der Waals surface area contributed by atoms with Gasteiger partial charge in [-0.2, -0.15) is 14.4 Å². The zero-order valence-corrected chi connectivity index (χ0v) is 21.0. The number of cyclic esters (lactones) is 1. The van der Waals surface area contributed by atoms with E-state index < -0.39 is 47.4 Å². The van der Waals surface area contributed by atoms with Crippen LogP contribution in [-0.2, 0) is 28.6 Å². The zero-order valence-electron chi connectivity index (χ0n) is 21.0. The predicted octanol–water partition coefficient (Wildman–Crippen LogP) is 2.16. The van der Waals surface area contributed by atoms with Crippen molar-refractivity contribution < 1.29 is 38.1 Å². The van der Waals surface area contributed by atoms with E-state index in [9.17, 15) is 23.9 Å². The molecule has 0 radical (unpaired) electrons. The van der Waals surface area contributed by atoms with E-state index in [2.05, 4.69) is 20.3 Å². The number of halogens is 1. The molecule has 2 N–H and O–H groups in total. The van der Waals surface area contributed by atoms with E-state index >= 15 is 0 Å². The third-order valence-electron chi connectivity index (χ3n) is 8.67. The number of hydrogen-bond acceptors (Lipinski definition) is 10. The smallest absolute Gasteiger partial charge is 0.312 e. The number of carbonyl (C=O) groups excluding carboxylic acids is 3. The molecule has 2 aromatic heterocycles. The molecule has 0 unspecified atom stereocenters. The van der Waals surface area contributed by atoms with Gasteiger partial charge in [-0.25, -0.2) is 4.98 Å². The van der Waals surface area contributed by atoms with Crippen LogP contribution in [0.5, 0.6) is 0 Å². The van der Waals surface area contributed by atoms with Gasteiger partial charge in [-0.05, 0) is 51.4 Å². The Bertz CT molecular complexity index is 1280. The molecule has 12 nitrogen and oxygen atoms in total. The van der Waals surface area contributed by atoms with Crippen molar-refractivity contribution in [2.45, 2.75) is 88.7 Å². The topological polar surface area (TPSA) is 155 Å². The zero-order chi connectivity index (χ0) is 26.7. The lowest BCUT2D eigenvalue weighted by Gasteiger charge is -2.44. The van der Waals surface area contributed by atoms with E-state index in [4.69, 9.17) is 14.2 Å². The maximum atomic E-state index is 14.4. The summed E-state index contributed by atoms with van der Waals surface area (Å²) < 4.78 is 32.7. The van der Waals surface area contributed by atoms with Crippen molar-refractivity contribution in [3.8, 4) is 0 Å². The molecule has 2 bridgehead atoms. The summed E-state index contributed by atoms with van der Waals surface area (Å²) in [5.41, 5.74) is -1.46. The van der Waals surface area contributed by atoms with Gasteiger partial charge >= 0.3 is 18.0 Å². The Kier molecular flexibility index (Phi) is 6.10.